The molecule has 1 aromatic carbocycles. The first-order valence-corrected chi connectivity index (χ1v) is 5.89. The average molecular weight is 225 g/mol. The Morgan fingerprint density at radius 2 is 1.94 bits per heavy atom. The molecule has 1 atom stereocenters. The van der Waals surface area contributed by atoms with Crippen molar-refractivity contribution in [1.82, 2.24) is 0 Å². The molecular formula is C13H17F2N. The van der Waals surface area contributed by atoms with Crippen LogP contribution in [0.4, 0.5) is 14.5 Å². The lowest BCUT2D eigenvalue weighted by molar-refractivity contribution is 0.473. The molecule has 2 rings (SSSR count). The van der Waals surface area contributed by atoms with Crippen molar-refractivity contribution in [2.75, 3.05) is 5.32 Å². The molecule has 0 saturated heterocycles. The Kier molecular flexibility index (Phi) is 3.42. The summed E-state index contributed by atoms with van der Waals surface area (Å²) in [5.74, 6) is -0.973. The molecule has 0 bridgehead atoms. The van der Waals surface area contributed by atoms with Crippen LogP contribution in [-0.4, -0.2) is 6.04 Å². The molecule has 1 aliphatic carbocycles. The summed E-state index contributed by atoms with van der Waals surface area (Å²) in [5, 5.41) is 3.08. The van der Waals surface area contributed by atoms with E-state index in [0.717, 1.165) is 6.07 Å². The number of benzene rings is 1. The average Bonchev–Trinajstić information content (AvgIpc) is 2.78. The number of halogens is 2. The van der Waals surface area contributed by atoms with Crippen LogP contribution in [0.15, 0.2) is 18.2 Å². The van der Waals surface area contributed by atoms with Gasteiger partial charge in [0.1, 0.15) is 0 Å². The Balaban J connectivity index is 2.05. The van der Waals surface area contributed by atoms with Gasteiger partial charge in [-0.1, -0.05) is 18.9 Å². The topological polar surface area (TPSA) is 12.0 Å². The third kappa shape index (κ3) is 2.34. The van der Waals surface area contributed by atoms with Crippen LogP contribution in [0.25, 0.3) is 0 Å². The summed E-state index contributed by atoms with van der Waals surface area (Å²) in [6.07, 6.45) is 4.88. The monoisotopic (exact) mass is 225 g/mol. The summed E-state index contributed by atoms with van der Waals surface area (Å²) in [6.45, 7) is 2.04. The van der Waals surface area contributed by atoms with E-state index in [1.807, 2.05) is 6.92 Å². The zero-order chi connectivity index (χ0) is 11.5. The molecule has 1 fully saturated rings. The number of nitrogens with one attached hydrogen (secondary N) is 1. The minimum atomic E-state index is -0.788. The molecule has 1 aliphatic rings. The highest BCUT2D eigenvalue weighted by molar-refractivity contribution is 5.45. The fourth-order valence-electron chi connectivity index (χ4n) is 2.44. The SMILES string of the molecule is CC(Nc1cccc(F)c1F)C1CCCC1. The highest BCUT2D eigenvalue weighted by Crippen LogP contribution is 2.29. The van der Waals surface area contributed by atoms with Gasteiger partial charge in [0, 0.05) is 6.04 Å². The summed E-state index contributed by atoms with van der Waals surface area (Å²) in [7, 11) is 0. The standard InChI is InChI=1S/C13H17F2N/c1-9(10-5-2-3-6-10)16-12-8-4-7-11(14)13(12)15/h4,7-10,16H,2-3,5-6H2,1H3. The fraction of sp³-hybridized carbons (Fsp3) is 0.538. The van der Waals surface area contributed by atoms with E-state index >= 15 is 0 Å². The zero-order valence-electron chi connectivity index (χ0n) is 9.47. The normalized spacial score (nSPS) is 18.7. The van der Waals surface area contributed by atoms with Crippen molar-refractivity contribution >= 4 is 5.69 Å². The number of hydrogen-bond acceptors (Lipinski definition) is 1. The Morgan fingerprint density at radius 1 is 1.25 bits per heavy atom. The Morgan fingerprint density at radius 3 is 2.62 bits per heavy atom. The number of rotatable bonds is 3. The molecule has 3 heteroatoms. The molecule has 1 saturated carbocycles. The minimum Gasteiger partial charge on any atom is -0.380 e. The summed E-state index contributed by atoms with van der Waals surface area (Å²) >= 11 is 0. The van der Waals surface area contributed by atoms with Crippen LogP contribution in [0.1, 0.15) is 32.6 Å². The van der Waals surface area contributed by atoms with Crippen molar-refractivity contribution < 1.29 is 8.78 Å². The summed E-state index contributed by atoms with van der Waals surface area (Å²) < 4.78 is 26.4. The van der Waals surface area contributed by atoms with Crippen LogP contribution in [-0.2, 0) is 0 Å². The third-order valence-electron chi connectivity index (χ3n) is 3.44. The molecule has 1 unspecified atom stereocenters. The van der Waals surface area contributed by atoms with Crippen LogP contribution in [0.3, 0.4) is 0 Å². The van der Waals surface area contributed by atoms with Gasteiger partial charge in [0.25, 0.3) is 0 Å². The van der Waals surface area contributed by atoms with Gasteiger partial charge in [0.05, 0.1) is 5.69 Å². The van der Waals surface area contributed by atoms with E-state index in [1.54, 1.807) is 6.07 Å². The highest BCUT2D eigenvalue weighted by Gasteiger charge is 2.22. The minimum absolute atomic E-state index is 0.207. The van der Waals surface area contributed by atoms with Crippen molar-refractivity contribution in [2.24, 2.45) is 5.92 Å². The molecule has 1 aromatic rings. The second kappa shape index (κ2) is 4.81. The van der Waals surface area contributed by atoms with E-state index < -0.39 is 11.6 Å². The van der Waals surface area contributed by atoms with Crippen LogP contribution >= 0.6 is 0 Å². The first kappa shape index (κ1) is 11.4. The van der Waals surface area contributed by atoms with Crippen LogP contribution in [0.2, 0.25) is 0 Å². The second-order valence-electron chi connectivity index (χ2n) is 4.58. The van der Waals surface area contributed by atoms with Gasteiger partial charge in [0.15, 0.2) is 11.6 Å². The third-order valence-corrected chi connectivity index (χ3v) is 3.44. The smallest absolute Gasteiger partial charge is 0.181 e. The van der Waals surface area contributed by atoms with Crippen molar-refractivity contribution in [2.45, 2.75) is 38.6 Å². The van der Waals surface area contributed by atoms with Gasteiger partial charge in [0.2, 0.25) is 0 Å². The Bertz CT molecular complexity index is 359. The molecular weight excluding hydrogens is 208 g/mol. The van der Waals surface area contributed by atoms with Gasteiger partial charge in [-0.15, -0.1) is 0 Å². The predicted molar refractivity (Wildman–Crippen MR) is 61.4 cm³/mol. The maximum absolute atomic E-state index is 13.4. The van der Waals surface area contributed by atoms with E-state index in [0.29, 0.717) is 5.92 Å². The number of hydrogen-bond donors (Lipinski definition) is 1. The Hall–Kier alpha value is -1.12. The maximum atomic E-state index is 13.4. The van der Waals surface area contributed by atoms with E-state index in [1.165, 1.54) is 31.7 Å². The van der Waals surface area contributed by atoms with Gasteiger partial charge in [-0.2, -0.15) is 0 Å². The van der Waals surface area contributed by atoms with Crippen molar-refractivity contribution in [3.05, 3.63) is 29.8 Å². The number of anilines is 1. The van der Waals surface area contributed by atoms with Gasteiger partial charge < -0.3 is 5.32 Å². The Labute approximate surface area is 94.9 Å². The molecule has 0 radical (unpaired) electrons. The molecule has 16 heavy (non-hydrogen) atoms. The molecule has 0 aromatic heterocycles. The maximum Gasteiger partial charge on any atom is 0.181 e. The predicted octanol–water partition coefficient (Wildman–Crippen LogP) is 3.96. The lowest BCUT2D eigenvalue weighted by atomic mass is 9.99. The summed E-state index contributed by atoms with van der Waals surface area (Å²) in [5.41, 5.74) is 0.277. The quantitative estimate of drug-likeness (QED) is 0.821. The summed E-state index contributed by atoms with van der Waals surface area (Å²) in [4.78, 5) is 0. The highest BCUT2D eigenvalue weighted by atomic mass is 19.2. The molecule has 0 amide bonds. The molecule has 0 aliphatic heterocycles. The molecule has 1 nitrogen and oxygen atoms in total. The van der Waals surface area contributed by atoms with E-state index in [-0.39, 0.29) is 11.7 Å². The lowest BCUT2D eigenvalue weighted by Crippen LogP contribution is -2.24. The molecule has 0 heterocycles. The lowest BCUT2D eigenvalue weighted by Gasteiger charge is -2.21. The molecule has 1 N–H and O–H groups in total. The van der Waals surface area contributed by atoms with E-state index in [2.05, 4.69) is 5.32 Å². The van der Waals surface area contributed by atoms with Crippen molar-refractivity contribution in [3.63, 3.8) is 0 Å². The van der Waals surface area contributed by atoms with E-state index in [9.17, 15) is 8.78 Å². The van der Waals surface area contributed by atoms with Gasteiger partial charge in [-0.3, -0.25) is 0 Å². The molecule has 0 spiro atoms. The molecule has 88 valence electrons. The van der Waals surface area contributed by atoms with Gasteiger partial charge in [-0.05, 0) is 37.8 Å². The van der Waals surface area contributed by atoms with Crippen LogP contribution in [0.5, 0.6) is 0 Å². The first-order chi connectivity index (χ1) is 7.68. The van der Waals surface area contributed by atoms with Crippen molar-refractivity contribution in [3.8, 4) is 0 Å². The zero-order valence-corrected chi connectivity index (χ0v) is 9.47. The van der Waals surface area contributed by atoms with E-state index in [4.69, 9.17) is 0 Å². The van der Waals surface area contributed by atoms with Crippen LogP contribution in [0, 0.1) is 17.6 Å². The van der Waals surface area contributed by atoms with Crippen LogP contribution < -0.4 is 5.32 Å². The largest absolute Gasteiger partial charge is 0.380 e. The van der Waals surface area contributed by atoms with Gasteiger partial charge >= 0.3 is 0 Å². The fourth-order valence-corrected chi connectivity index (χ4v) is 2.44. The van der Waals surface area contributed by atoms with Crippen molar-refractivity contribution in [1.29, 1.82) is 0 Å². The second-order valence-corrected chi connectivity index (χ2v) is 4.58. The van der Waals surface area contributed by atoms with Gasteiger partial charge in [-0.25, -0.2) is 8.78 Å². The summed E-state index contributed by atoms with van der Waals surface area (Å²) in [6, 6.07) is 4.46. The first-order valence-electron chi connectivity index (χ1n) is 5.89.